The molecule has 0 amide bonds. The Kier molecular flexibility index (Phi) is 4.03. The van der Waals surface area contributed by atoms with Crippen molar-refractivity contribution in [3.05, 3.63) is 29.8 Å². The van der Waals surface area contributed by atoms with Gasteiger partial charge in [-0.25, -0.2) is 0 Å². The fourth-order valence-corrected chi connectivity index (χ4v) is 2.36. The van der Waals surface area contributed by atoms with E-state index in [0.717, 1.165) is 38.1 Å². The van der Waals surface area contributed by atoms with E-state index in [1.165, 1.54) is 11.3 Å². The number of rotatable bonds is 3. The summed E-state index contributed by atoms with van der Waals surface area (Å²) < 4.78 is 5.37. The summed E-state index contributed by atoms with van der Waals surface area (Å²) in [4.78, 5) is 2.42. The van der Waals surface area contributed by atoms with Crippen molar-refractivity contribution in [1.82, 2.24) is 0 Å². The first-order valence-electron chi connectivity index (χ1n) is 5.38. The van der Waals surface area contributed by atoms with E-state index in [4.69, 9.17) is 4.74 Å². The van der Waals surface area contributed by atoms with Crippen LogP contribution in [0.25, 0.3) is 0 Å². The van der Waals surface area contributed by atoms with Gasteiger partial charge >= 0.3 is 0 Å². The minimum Gasteiger partial charge on any atom is -0.378 e. The van der Waals surface area contributed by atoms with Crippen LogP contribution in [0.15, 0.2) is 24.3 Å². The van der Waals surface area contributed by atoms with Crippen LogP contribution in [0, 0.1) is 0 Å². The summed E-state index contributed by atoms with van der Waals surface area (Å²) in [7, 11) is 0. The third-order valence-electron chi connectivity index (χ3n) is 2.71. The highest BCUT2D eigenvalue weighted by atomic mass is 79.9. The molecule has 0 radical (unpaired) electrons. The van der Waals surface area contributed by atoms with Crippen molar-refractivity contribution in [2.24, 2.45) is 0 Å². The van der Waals surface area contributed by atoms with E-state index in [2.05, 4.69) is 45.1 Å². The molecule has 1 fully saturated rings. The molecule has 1 saturated heterocycles. The number of para-hydroxylation sites is 1. The van der Waals surface area contributed by atoms with Crippen molar-refractivity contribution in [2.45, 2.75) is 6.42 Å². The van der Waals surface area contributed by atoms with E-state index < -0.39 is 0 Å². The van der Waals surface area contributed by atoms with Crippen LogP contribution in [0.5, 0.6) is 0 Å². The molecule has 0 spiro atoms. The highest BCUT2D eigenvalue weighted by Gasteiger charge is 2.13. The van der Waals surface area contributed by atoms with Crippen LogP contribution in [0.1, 0.15) is 5.56 Å². The monoisotopic (exact) mass is 269 g/mol. The third kappa shape index (κ3) is 2.73. The van der Waals surface area contributed by atoms with Gasteiger partial charge in [0.1, 0.15) is 0 Å². The standard InChI is InChI=1S/C12H16BrNO/c13-6-5-11-3-1-2-4-12(11)14-7-9-15-10-8-14/h1-4H,5-10H2. The molecule has 3 heteroatoms. The fourth-order valence-electron chi connectivity index (χ4n) is 1.94. The molecule has 1 heterocycles. The zero-order valence-electron chi connectivity index (χ0n) is 8.79. The van der Waals surface area contributed by atoms with Crippen molar-refractivity contribution < 1.29 is 4.74 Å². The SMILES string of the molecule is BrCCc1ccccc1N1CCOCC1. The summed E-state index contributed by atoms with van der Waals surface area (Å²) in [5, 5.41) is 1.02. The largest absolute Gasteiger partial charge is 0.378 e. The summed E-state index contributed by atoms with van der Waals surface area (Å²) in [6.45, 7) is 3.73. The van der Waals surface area contributed by atoms with Gasteiger partial charge in [-0.15, -0.1) is 0 Å². The quantitative estimate of drug-likeness (QED) is 0.782. The van der Waals surface area contributed by atoms with Crippen LogP contribution in [0.4, 0.5) is 5.69 Å². The van der Waals surface area contributed by atoms with Crippen LogP contribution in [0.3, 0.4) is 0 Å². The lowest BCUT2D eigenvalue weighted by Crippen LogP contribution is -2.36. The maximum atomic E-state index is 5.37. The van der Waals surface area contributed by atoms with Gasteiger partial charge in [0, 0.05) is 24.1 Å². The van der Waals surface area contributed by atoms with Crippen LogP contribution in [0.2, 0.25) is 0 Å². The van der Waals surface area contributed by atoms with E-state index in [0.29, 0.717) is 0 Å². The average molecular weight is 270 g/mol. The number of aryl methyl sites for hydroxylation is 1. The molecule has 0 saturated carbocycles. The highest BCUT2D eigenvalue weighted by molar-refractivity contribution is 9.09. The molecule has 2 nitrogen and oxygen atoms in total. The number of alkyl halides is 1. The molecule has 0 bridgehead atoms. The normalized spacial score (nSPS) is 16.7. The van der Waals surface area contributed by atoms with Crippen molar-refractivity contribution >= 4 is 21.6 Å². The van der Waals surface area contributed by atoms with Gasteiger partial charge in [-0.1, -0.05) is 34.1 Å². The first kappa shape index (κ1) is 11.0. The molecule has 0 N–H and O–H groups in total. The molecule has 0 aliphatic carbocycles. The van der Waals surface area contributed by atoms with Gasteiger partial charge in [0.2, 0.25) is 0 Å². The Morgan fingerprint density at radius 2 is 1.93 bits per heavy atom. The molecule has 1 aliphatic heterocycles. The maximum Gasteiger partial charge on any atom is 0.0642 e. The molecule has 0 unspecified atom stereocenters. The van der Waals surface area contributed by atoms with Gasteiger partial charge in [0.15, 0.2) is 0 Å². The van der Waals surface area contributed by atoms with Gasteiger partial charge in [-0.2, -0.15) is 0 Å². The smallest absolute Gasteiger partial charge is 0.0642 e. The molecular weight excluding hydrogens is 254 g/mol. The van der Waals surface area contributed by atoms with E-state index in [1.54, 1.807) is 0 Å². The Labute approximate surface area is 99.4 Å². The zero-order chi connectivity index (χ0) is 10.5. The fraction of sp³-hybridized carbons (Fsp3) is 0.500. The molecule has 82 valence electrons. The Balaban J connectivity index is 2.17. The predicted octanol–water partition coefficient (Wildman–Crippen LogP) is 2.46. The summed E-state index contributed by atoms with van der Waals surface area (Å²) >= 11 is 3.50. The number of halogens is 1. The Morgan fingerprint density at radius 3 is 2.67 bits per heavy atom. The number of hydrogen-bond acceptors (Lipinski definition) is 2. The van der Waals surface area contributed by atoms with Crippen molar-refractivity contribution in [1.29, 1.82) is 0 Å². The highest BCUT2D eigenvalue weighted by Crippen LogP contribution is 2.22. The molecule has 0 aromatic heterocycles. The number of benzene rings is 1. The topological polar surface area (TPSA) is 12.5 Å². The lowest BCUT2D eigenvalue weighted by Gasteiger charge is -2.30. The lowest BCUT2D eigenvalue weighted by molar-refractivity contribution is 0.122. The van der Waals surface area contributed by atoms with Crippen molar-refractivity contribution in [3.8, 4) is 0 Å². The summed E-state index contributed by atoms with van der Waals surface area (Å²) in [6.07, 6.45) is 1.09. The molecule has 15 heavy (non-hydrogen) atoms. The van der Waals surface area contributed by atoms with Crippen LogP contribution in [-0.2, 0) is 11.2 Å². The second-order valence-corrected chi connectivity index (χ2v) is 4.46. The van der Waals surface area contributed by atoms with E-state index in [9.17, 15) is 0 Å². The van der Waals surface area contributed by atoms with Gasteiger partial charge in [-0.05, 0) is 18.1 Å². The number of nitrogens with zero attached hydrogens (tertiary/aromatic N) is 1. The molecular formula is C12H16BrNO. The second-order valence-electron chi connectivity index (χ2n) is 3.67. The van der Waals surface area contributed by atoms with E-state index in [-0.39, 0.29) is 0 Å². The van der Waals surface area contributed by atoms with Gasteiger partial charge in [0.25, 0.3) is 0 Å². The van der Waals surface area contributed by atoms with Crippen LogP contribution < -0.4 is 4.90 Å². The summed E-state index contributed by atoms with van der Waals surface area (Å²) in [5.74, 6) is 0. The van der Waals surface area contributed by atoms with Gasteiger partial charge in [-0.3, -0.25) is 0 Å². The van der Waals surface area contributed by atoms with Gasteiger partial charge in [0.05, 0.1) is 13.2 Å². The number of anilines is 1. The molecule has 1 aromatic rings. The molecule has 1 aliphatic rings. The molecule has 0 atom stereocenters. The maximum absolute atomic E-state index is 5.37. The van der Waals surface area contributed by atoms with E-state index >= 15 is 0 Å². The van der Waals surface area contributed by atoms with Crippen LogP contribution >= 0.6 is 15.9 Å². The Hall–Kier alpha value is -0.540. The zero-order valence-corrected chi connectivity index (χ0v) is 10.4. The van der Waals surface area contributed by atoms with Crippen molar-refractivity contribution in [2.75, 3.05) is 36.5 Å². The number of hydrogen-bond donors (Lipinski definition) is 0. The first-order valence-corrected chi connectivity index (χ1v) is 6.50. The number of ether oxygens (including phenoxy) is 1. The third-order valence-corrected chi connectivity index (χ3v) is 3.10. The summed E-state index contributed by atoms with van der Waals surface area (Å²) in [6, 6.07) is 8.65. The minimum absolute atomic E-state index is 0.850. The predicted molar refractivity (Wildman–Crippen MR) is 67.0 cm³/mol. The van der Waals surface area contributed by atoms with Gasteiger partial charge < -0.3 is 9.64 Å². The number of morpholine rings is 1. The summed E-state index contributed by atoms with van der Waals surface area (Å²) in [5.41, 5.74) is 2.80. The van der Waals surface area contributed by atoms with Crippen molar-refractivity contribution in [3.63, 3.8) is 0 Å². The lowest BCUT2D eigenvalue weighted by atomic mass is 10.1. The first-order chi connectivity index (χ1) is 7.42. The second kappa shape index (κ2) is 5.52. The minimum atomic E-state index is 0.850. The molecule has 2 rings (SSSR count). The molecule has 1 aromatic carbocycles. The Bertz CT molecular complexity index is 310. The van der Waals surface area contributed by atoms with Crippen LogP contribution in [-0.4, -0.2) is 31.6 Å². The Morgan fingerprint density at radius 1 is 1.20 bits per heavy atom. The average Bonchev–Trinajstić information content (AvgIpc) is 2.31. The van der Waals surface area contributed by atoms with E-state index in [1.807, 2.05) is 0 Å².